The lowest BCUT2D eigenvalue weighted by Gasteiger charge is -1.94. The van der Waals surface area contributed by atoms with Gasteiger partial charge in [0.2, 0.25) is 0 Å². The number of phenols is 1. The highest BCUT2D eigenvalue weighted by Gasteiger charge is 2.08. The van der Waals surface area contributed by atoms with Gasteiger partial charge in [0.1, 0.15) is 0 Å². The lowest BCUT2D eigenvalue weighted by atomic mass is 10.2. The number of halogens is 1. The van der Waals surface area contributed by atoms with Crippen molar-refractivity contribution in [2.24, 2.45) is 0 Å². The third kappa shape index (κ3) is 1.16. The van der Waals surface area contributed by atoms with Crippen molar-refractivity contribution >= 4 is 10.9 Å². The van der Waals surface area contributed by atoms with Gasteiger partial charge in [-0.25, -0.2) is 4.39 Å². The average molecular weight is 179 g/mol. The molecule has 0 saturated carbocycles. The van der Waals surface area contributed by atoms with Crippen LogP contribution in [0, 0.1) is 5.82 Å². The topological polar surface area (TPSA) is 36.0 Å². The van der Waals surface area contributed by atoms with Gasteiger partial charge in [-0.1, -0.05) is 6.92 Å². The Bertz CT molecular complexity index is 447. The second-order valence-electron chi connectivity index (χ2n) is 3.01. The molecule has 0 saturated heterocycles. The van der Waals surface area contributed by atoms with Crippen LogP contribution in [0.2, 0.25) is 0 Å². The van der Waals surface area contributed by atoms with E-state index in [0.717, 1.165) is 17.6 Å². The van der Waals surface area contributed by atoms with Crippen LogP contribution in [0.5, 0.6) is 5.75 Å². The van der Waals surface area contributed by atoms with Gasteiger partial charge < -0.3 is 10.1 Å². The second-order valence-corrected chi connectivity index (χ2v) is 3.01. The molecule has 3 heteroatoms. The summed E-state index contributed by atoms with van der Waals surface area (Å²) in [5.41, 5.74) is 1.70. The summed E-state index contributed by atoms with van der Waals surface area (Å²) in [6, 6.07) is 4.75. The number of benzene rings is 1. The van der Waals surface area contributed by atoms with Gasteiger partial charge in [-0.3, -0.25) is 0 Å². The van der Waals surface area contributed by atoms with Gasteiger partial charge in [0.05, 0.1) is 0 Å². The monoisotopic (exact) mass is 179 g/mol. The number of fused-ring (bicyclic) bond motifs is 1. The Morgan fingerprint density at radius 2 is 2.23 bits per heavy atom. The molecule has 0 aliphatic carbocycles. The number of aryl methyl sites for hydroxylation is 1. The number of hydrogen-bond acceptors (Lipinski definition) is 1. The van der Waals surface area contributed by atoms with Gasteiger partial charge >= 0.3 is 0 Å². The van der Waals surface area contributed by atoms with Gasteiger partial charge in [-0.05, 0) is 24.6 Å². The standard InChI is InChI=1S/C10H10FNO/c1-2-6-5-7-8(12-6)3-4-9(13)10(7)11/h3-5,12-13H,2H2,1H3. The molecule has 1 aromatic heterocycles. The van der Waals surface area contributed by atoms with Crippen molar-refractivity contribution in [3.8, 4) is 5.75 Å². The molecule has 2 rings (SSSR count). The summed E-state index contributed by atoms with van der Waals surface area (Å²) in [7, 11) is 0. The van der Waals surface area contributed by atoms with E-state index in [9.17, 15) is 4.39 Å². The number of phenolic OH excluding ortho intramolecular Hbond substituents is 1. The first kappa shape index (κ1) is 8.10. The molecule has 0 radical (unpaired) electrons. The van der Waals surface area contributed by atoms with E-state index in [-0.39, 0.29) is 5.75 Å². The number of aromatic hydroxyl groups is 1. The van der Waals surface area contributed by atoms with Crippen molar-refractivity contribution in [2.45, 2.75) is 13.3 Å². The van der Waals surface area contributed by atoms with Gasteiger partial charge in [-0.15, -0.1) is 0 Å². The van der Waals surface area contributed by atoms with Crippen molar-refractivity contribution in [1.82, 2.24) is 4.98 Å². The van der Waals surface area contributed by atoms with Crippen LogP contribution in [-0.4, -0.2) is 10.1 Å². The van der Waals surface area contributed by atoms with Crippen molar-refractivity contribution < 1.29 is 9.50 Å². The largest absolute Gasteiger partial charge is 0.505 e. The van der Waals surface area contributed by atoms with Crippen LogP contribution in [0.25, 0.3) is 10.9 Å². The molecule has 0 spiro atoms. The van der Waals surface area contributed by atoms with E-state index in [1.165, 1.54) is 6.07 Å². The fraction of sp³-hybridized carbons (Fsp3) is 0.200. The number of rotatable bonds is 1. The van der Waals surface area contributed by atoms with E-state index in [1.807, 2.05) is 6.92 Å². The first-order valence-corrected chi connectivity index (χ1v) is 4.21. The fourth-order valence-electron chi connectivity index (χ4n) is 1.41. The number of hydrogen-bond donors (Lipinski definition) is 2. The quantitative estimate of drug-likeness (QED) is 0.693. The Morgan fingerprint density at radius 1 is 1.46 bits per heavy atom. The van der Waals surface area contributed by atoms with Crippen LogP contribution >= 0.6 is 0 Å². The molecule has 13 heavy (non-hydrogen) atoms. The molecule has 1 aromatic carbocycles. The average Bonchev–Trinajstić information content (AvgIpc) is 2.55. The summed E-state index contributed by atoms with van der Waals surface area (Å²) in [5.74, 6) is -0.845. The van der Waals surface area contributed by atoms with E-state index in [2.05, 4.69) is 4.98 Å². The lowest BCUT2D eigenvalue weighted by Crippen LogP contribution is -1.76. The van der Waals surface area contributed by atoms with E-state index in [1.54, 1.807) is 12.1 Å². The molecule has 1 heterocycles. The molecule has 0 aliphatic heterocycles. The predicted octanol–water partition coefficient (Wildman–Crippen LogP) is 2.58. The van der Waals surface area contributed by atoms with Gasteiger partial charge in [-0.2, -0.15) is 0 Å². The minimum Gasteiger partial charge on any atom is -0.505 e. The van der Waals surface area contributed by atoms with Crippen molar-refractivity contribution in [3.05, 3.63) is 29.7 Å². The first-order chi connectivity index (χ1) is 6.22. The number of nitrogens with one attached hydrogen (secondary N) is 1. The van der Waals surface area contributed by atoms with Gasteiger partial charge in [0.25, 0.3) is 0 Å². The molecule has 68 valence electrons. The van der Waals surface area contributed by atoms with Crippen molar-refractivity contribution in [2.75, 3.05) is 0 Å². The summed E-state index contributed by atoms with van der Waals surface area (Å²) in [6.45, 7) is 1.99. The molecule has 2 aromatic rings. The summed E-state index contributed by atoms with van der Waals surface area (Å²) < 4.78 is 13.3. The highest BCUT2D eigenvalue weighted by molar-refractivity contribution is 5.82. The molecule has 2 N–H and O–H groups in total. The maximum absolute atomic E-state index is 13.3. The Hall–Kier alpha value is -1.51. The first-order valence-electron chi connectivity index (χ1n) is 4.21. The predicted molar refractivity (Wildman–Crippen MR) is 49.3 cm³/mol. The maximum atomic E-state index is 13.3. The Balaban J connectivity index is 2.76. The molecule has 0 amide bonds. The van der Waals surface area contributed by atoms with Crippen LogP contribution in [0.4, 0.5) is 4.39 Å². The summed E-state index contributed by atoms with van der Waals surface area (Å²) in [6.07, 6.45) is 0.828. The summed E-state index contributed by atoms with van der Waals surface area (Å²) in [5, 5.41) is 9.57. The summed E-state index contributed by atoms with van der Waals surface area (Å²) >= 11 is 0. The fourth-order valence-corrected chi connectivity index (χ4v) is 1.41. The zero-order valence-electron chi connectivity index (χ0n) is 7.26. The van der Waals surface area contributed by atoms with Crippen molar-refractivity contribution in [3.63, 3.8) is 0 Å². The normalized spacial score (nSPS) is 10.9. The van der Waals surface area contributed by atoms with Crippen LogP contribution in [0.1, 0.15) is 12.6 Å². The molecule has 0 atom stereocenters. The molecular formula is C10H10FNO. The SMILES string of the molecule is CCc1cc2c(F)c(O)ccc2[nH]1. The summed E-state index contributed by atoms with van der Waals surface area (Å²) in [4.78, 5) is 3.06. The van der Waals surface area contributed by atoms with E-state index < -0.39 is 5.82 Å². The molecule has 0 unspecified atom stereocenters. The smallest absolute Gasteiger partial charge is 0.174 e. The Kier molecular flexibility index (Phi) is 1.72. The third-order valence-corrected chi connectivity index (χ3v) is 2.15. The second kappa shape index (κ2) is 2.76. The highest BCUT2D eigenvalue weighted by Crippen LogP contribution is 2.25. The molecule has 0 fully saturated rings. The maximum Gasteiger partial charge on any atom is 0.174 e. The zero-order valence-corrected chi connectivity index (χ0v) is 7.26. The third-order valence-electron chi connectivity index (χ3n) is 2.15. The van der Waals surface area contributed by atoms with Crippen LogP contribution < -0.4 is 0 Å². The van der Waals surface area contributed by atoms with E-state index in [0.29, 0.717) is 5.39 Å². The van der Waals surface area contributed by atoms with E-state index in [4.69, 9.17) is 5.11 Å². The number of aromatic amines is 1. The Labute approximate surface area is 75.0 Å². The molecule has 0 aliphatic rings. The Morgan fingerprint density at radius 3 is 2.92 bits per heavy atom. The van der Waals surface area contributed by atoms with Gasteiger partial charge in [0, 0.05) is 16.6 Å². The van der Waals surface area contributed by atoms with E-state index >= 15 is 0 Å². The van der Waals surface area contributed by atoms with Crippen LogP contribution in [-0.2, 0) is 6.42 Å². The highest BCUT2D eigenvalue weighted by atomic mass is 19.1. The number of H-pyrrole nitrogens is 1. The molecule has 0 bridgehead atoms. The lowest BCUT2D eigenvalue weighted by molar-refractivity contribution is 0.436. The van der Waals surface area contributed by atoms with Crippen LogP contribution in [0.15, 0.2) is 18.2 Å². The number of aromatic nitrogens is 1. The molecular weight excluding hydrogens is 169 g/mol. The minimum atomic E-state index is -0.548. The zero-order chi connectivity index (χ0) is 9.42. The molecule has 2 nitrogen and oxygen atoms in total. The van der Waals surface area contributed by atoms with Gasteiger partial charge in [0.15, 0.2) is 11.6 Å². The minimum absolute atomic E-state index is 0.297. The van der Waals surface area contributed by atoms with Crippen molar-refractivity contribution in [1.29, 1.82) is 0 Å². The van der Waals surface area contributed by atoms with Crippen LogP contribution in [0.3, 0.4) is 0 Å².